The van der Waals surface area contributed by atoms with Crippen LogP contribution in [0.5, 0.6) is 5.75 Å². The van der Waals surface area contributed by atoms with Crippen LogP contribution in [0.3, 0.4) is 0 Å². The second kappa shape index (κ2) is 16.6. The third kappa shape index (κ3) is 12.1. The number of nitrogens with one attached hydrogen (secondary N) is 3. The Hall–Kier alpha value is -4.36. The summed E-state index contributed by atoms with van der Waals surface area (Å²) in [4.78, 5) is 28.0. The molecule has 2 amide bonds. The van der Waals surface area contributed by atoms with Gasteiger partial charge in [0.2, 0.25) is 0 Å². The Morgan fingerprint density at radius 3 is 2.30 bits per heavy atom. The third-order valence-electron chi connectivity index (χ3n) is 8.25. The summed E-state index contributed by atoms with van der Waals surface area (Å²) >= 11 is 1.14. The van der Waals surface area contributed by atoms with Crippen LogP contribution in [0.4, 0.5) is 34.1 Å². The fourth-order valence-electron chi connectivity index (χ4n) is 5.96. The van der Waals surface area contributed by atoms with Crippen LogP contribution in [0.15, 0.2) is 41.3 Å². The number of rotatable bonds is 8. The smallest absolute Gasteiger partial charge is 0.410 e. The number of alkyl carbamates (subject to hydrolysis) is 1. The van der Waals surface area contributed by atoms with E-state index in [0.717, 1.165) is 17.6 Å². The lowest BCUT2D eigenvalue weighted by Crippen LogP contribution is -2.47. The molecule has 1 aliphatic heterocycles. The maximum Gasteiger partial charge on any atom is 0.410 e. The van der Waals surface area contributed by atoms with Gasteiger partial charge in [0, 0.05) is 31.5 Å². The lowest BCUT2D eigenvalue weighted by Gasteiger charge is -2.29. The normalized spacial score (nSPS) is 18.2. The van der Waals surface area contributed by atoms with E-state index in [9.17, 15) is 31.2 Å². The molecule has 54 heavy (non-hydrogen) atoms. The van der Waals surface area contributed by atoms with E-state index in [2.05, 4.69) is 27.8 Å². The summed E-state index contributed by atoms with van der Waals surface area (Å²) < 4.78 is 82.8. The zero-order valence-corrected chi connectivity index (χ0v) is 33.6. The molecule has 1 fully saturated rings. The Labute approximate surface area is 319 Å². The van der Waals surface area contributed by atoms with Crippen molar-refractivity contribution < 1.29 is 45.4 Å². The highest BCUT2D eigenvalue weighted by Gasteiger charge is 2.36. The number of anilines is 2. The number of fused-ring (bicyclic) bond motifs is 1. The van der Waals surface area contributed by atoms with E-state index < -0.39 is 51.9 Å². The zero-order chi connectivity index (χ0) is 40.2. The molecule has 3 unspecified atom stereocenters. The summed E-state index contributed by atoms with van der Waals surface area (Å²) in [7, 11) is -2.07. The van der Waals surface area contributed by atoms with Crippen LogP contribution in [-0.4, -0.2) is 88.0 Å². The fraction of sp³-hybridized carbons (Fsp3) is 0.526. The van der Waals surface area contributed by atoms with E-state index in [1.54, 1.807) is 64.6 Å². The van der Waals surface area contributed by atoms with Crippen LogP contribution in [0.25, 0.3) is 10.1 Å². The number of carbonyl (C=O) groups is 2. The minimum atomic E-state index is -4.50. The molecule has 1 aliphatic rings. The quantitative estimate of drug-likeness (QED) is 0.195. The van der Waals surface area contributed by atoms with E-state index in [1.807, 2.05) is 6.92 Å². The van der Waals surface area contributed by atoms with Gasteiger partial charge in [-0.3, -0.25) is 0 Å². The lowest BCUT2D eigenvalue weighted by atomic mass is 9.96. The Kier molecular flexibility index (Phi) is 13.0. The van der Waals surface area contributed by atoms with Gasteiger partial charge < -0.3 is 35.1 Å². The van der Waals surface area contributed by atoms with Crippen molar-refractivity contribution in [2.24, 2.45) is 5.92 Å². The van der Waals surface area contributed by atoms with Crippen molar-refractivity contribution in [2.45, 2.75) is 95.7 Å². The largest absolute Gasteiger partial charge is 0.495 e. The van der Waals surface area contributed by atoms with Gasteiger partial charge in [0.15, 0.2) is 9.84 Å². The molecule has 4 rings (SSSR count). The fourth-order valence-corrected chi connectivity index (χ4v) is 7.76. The number of thiophene rings is 1. The molecule has 16 heteroatoms. The Morgan fingerprint density at radius 1 is 1.00 bits per heavy atom. The lowest BCUT2D eigenvalue weighted by molar-refractivity contribution is -0.127. The van der Waals surface area contributed by atoms with Crippen LogP contribution >= 0.6 is 11.3 Å². The molecular weight excluding hydrogens is 746 g/mol. The van der Waals surface area contributed by atoms with Gasteiger partial charge in [0.1, 0.15) is 17.0 Å². The van der Waals surface area contributed by atoms with E-state index in [0.29, 0.717) is 34.4 Å². The summed E-state index contributed by atoms with van der Waals surface area (Å²) in [6, 6.07) is 8.62. The van der Waals surface area contributed by atoms with Crippen LogP contribution in [0, 0.1) is 17.8 Å². The average Bonchev–Trinajstić information content (AvgIpc) is 3.27. The SMILES string of the molecule is COc1cc(S(C)(=O)=O)ccc1NCC#Cc1sc2c(NC3CC(NC(=O)OC(C)(C)C)CN(C(=O)OC(C)(C)C)CC3C)cccc2c1CC(F)(F)F. The maximum absolute atomic E-state index is 13.9. The van der Waals surface area contributed by atoms with E-state index in [4.69, 9.17) is 14.2 Å². The van der Waals surface area contributed by atoms with Gasteiger partial charge in [0.05, 0.1) is 52.0 Å². The number of alkyl halides is 3. The van der Waals surface area contributed by atoms with Crippen molar-refractivity contribution in [2.75, 3.05) is 43.6 Å². The van der Waals surface area contributed by atoms with Crippen LogP contribution < -0.4 is 20.7 Å². The van der Waals surface area contributed by atoms with Gasteiger partial charge in [-0.15, -0.1) is 11.3 Å². The van der Waals surface area contributed by atoms with Gasteiger partial charge in [-0.05, 0) is 83.0 Å². The second-order valence-corrected chi connectivity index (χ2v) is 18.4. The maximum atomic E-state index is 13.9. The highest BCUT2D eigenvalue weighted by molar-refractivity contribution is 7.90. The van der Waals surface area contributed by atoms with Crippen molar-refractivity contribution in [3.63, 3.8) is 0 Å². The number of methoxy groups -OCH3 is 1. The average molecular weight is 795 g/mol. The predicted octanol–water partition coefficient (Wildman–Crippen LogP) is 7.83. The molecule has 0 radical (unpaired) electrons. The molecule has 0 spiro atoms. The molecular formula is C38H49F3N4O7S2. The Bertz CT molecular complexity index is 2010. The van der Waals surface area contributed by atoms with Crippen molar-refractivity contribution >= 4 is 54.8 Å². The molecule has 0 saturated carbocycles. The molecule has 2 heterocycles. The number of nitrogens with zero attached hydrogens (tertiary/aromatic N) is 1. The number of hydrogen-bond acceptors (Lipinski definition) is 10. The molecule has 3 atom stereocenters. The predicted molar refractivity (Wildman–Crippen MR) is 205 cm³/mol. The highest BCUT2D eigenvalue weighted by Crippen LogP contribution is 2.40. The minimum Gasteiger partial charge on any atom is -0.495 e. The number of hydrogen-bond donors (Lipinski definition) is 3. The molecule has 3 aromatic rings. The topological polar surface area (TPSA) is 135 Å². The van der Waals surface area contributed by atoms with E-state index >= 15 is 0 Å². The molecule has 1 aromatic heterocycles. The Balaban J connectivity index is 1.65. The molecule has 2 aromatic carbocycles. The summed E-state index contributed by atoms with van der Waals surface area (Å²) in [5, 5.41) is 9.89. The number of ether oxygens (including phenoxy) is 3. The summed E-state index contributed by atoms with van der Waals surface area (Å²) in [6.07, 6.45) is -5.37. The first-order valence-corrected chi connectivity index (χ1v) is 20.1. The summed E-state index contributed by atoms with van der Waals surface area (Å²) in [5.74, 6) is 5.95. The second-order valence-electron chi connectivity index (χ2n) is 15.4. The highest BCUT2D eigenvalue weighted by atomic mass is 32.2. The first kappa shape index (κ1) is 42.4. The summed E-state index contributed by atoms with van der Waals surface area (Å²) in [6.45, 7) is 13.0. The van der Waals surface area contributed by atoms with E-state index in [1.165, 1.54) is 25.3 Å². The molecule has 296 valence electrons. The standard InChI is InChI=1S/C38H49F3N4O7S2/c1-23-21-45(35(47)52-37(5,6)7)22-24(43-34(46)51-36(2,3)4)18-30(23)44-29-13-10-12-26-27(20-38(39,40)41)32(53-33(26)29)14-11-17-42-28-16-15-25(54(9,48)49)19-31(28)50-8/h10,12-13,15-16,19,23-24,30,42,44H,17-18,20-22H2,1-9H3,(H,43,46). The Morgan fingerprint density at radius 2 is 1.69 bits per heavy atom. The number of halogens is 3. The molecule has 1 saturated heterocycles. The van der Waals surface area contributed by atoms with Crippen molar-refractivity contribution in [3.8, 4) is 17.6 Å². The van der Waals surface area contributed by atoms with Gasteiger partial charge in [-0.1, -0.05) is 30.9 Å². The molecule has 3 N–H and O–H groups in total. The molecule has 11 nitrogen and oxygen atoms in total. The number of likely N-dealkylation sites (tertiary alicyclic amines) is 1. The zero-order valence-electron chi connectivity index (χ0n) is 32.0. The van der Waals surface area contributed by atoms with E-state index in [-0.39, 0.29) is 46.1 Å². The van der Waals surface area contributed by atoms with Gasteiger partial charge in [-0.25, -0.2) is 18.0 Å². The van der Waals surface area contributed by atoms with Crippen LogP contribution in [-0.2, 0) is 25.7 Å². The first-order chi connectivity index (χ1) is 24.9. The van der Waals surface area contributed by atoms with Gasteiger partial charge in [-0.2, -0.15) is 13.2 Å². The first-order valence-electron chi connectivity index (χ1n) is 17.4. The number of sulfone groups is 1. The number of amides is 2. The minimum absolute atomic E-state index is 0.0408. The van der Waals surface area contributed by atoms with Crippen molar-refractivity contribution in [3.05, 3.63) is 46.8 Å². The third-order valence-corrected chi connectivity index (χ3v) is 10.6. The van der Waals surface area contributed by atoms with Crippen LogP contribution in [0.2, 0.25) is 0 Å². The monoisotopic (exact) mass is 794 g/mol. The van der Waals surface area contributed by atoms with Crippen molar-refractivity contribution in [1.82, 2.24) is 10.2 Å². The van der Waals surface area contributed by atoms with Gasteiger partial charge in [0.25, 0.3) is 0 Å². The summed E-state index contributed by atoms with van der Waals surface area (Å²) in [5.41, 5.74) is -0.358. The number of benzene rings is 2. The molecule has 0 bridgehead atoms. The number of carbonyl (C=O) groups excluding carboxylic acids is 2. The van der Waals surface area contributed by atoms with Crippen molar-refractivity contribution in [1.29, 1.82) is 0 Å². The molecule has 0 aliphatic carbocycles. The van der Waals surface area contributed by atoms with Crippen LogP contribution in [0.1, 0.15) is 65.3 Å². The van der Waals surface area contributed by atoms with Gasteiger partial charge >= 0.3 is 18.4 Å².